The van der Waals surface area contributed by atoms with Gasteiger partial charge in [0.05, 0.1) is 11.1 Å². The zero-order chi connectivity index (χ0) is 19.2. The molecule has 4 amide bonds. The third kappa shape index (κ3) is 4.65. The van der Waals surface area contributed by atoms with Crippen molar-refractivity contribution in [2.75, 3.05) is 19.6 Å². The molecule has 1 heterocycles. The number of carbonyl (C=O) groups excluding carboxylic acids is 3. The molecule has 2 aromatic carbocycles. The van der Waals surface area contributed by atoms with E-state index in [1.54, 1.807) is 30.3 Å². The van der Waals surface area contributed by atoms with E-state index in [2.05, 4.69) is 10.6 Å². The normalized spacial score (nSPS) is 12.9. The minimum absolute atomic E-state index is 0.273. The summed E-state index contributed by atoms with van der Waals surface area (Å²) >= 11 is 5.92. The fourth-order valence-electron chi connectivity index (χ4n) is 2.96. The van der Waals surface area contributed by atoms with Crippen molar-refractivity contribution in [3.8, 4) is 0 Å². The van der Waals surface area contributed by atoms with Crippen molar-refractivity contribution in [2.24, 2.45) is 0 Å². The molecule has 0 unspecified atom stereocenters. The summed E-state index contributed by atoms with van der Waals surface area (Å²) in [5.41, 5.74) is 1.93. The minimum Gasteiger partial charge on any atom is -0.338 e. The first-order chi connectivity index (χ1) is 13.1. The fraction of sp³-hybridized carbons (Fsp3) is 0.250. The number of hydrogen-bond donors (Lipinski definition) is 2. The summed E-state index contributed by atoms with van der Waals surface area (Å²) in [6, 6.07) is 14.0. The average Bonchev–Trinajstić information content (AvgIpc) is 2.90. The zero-order valence-electron chi connectivity index (χ0n) is 14.7. The van der Waals surface area contributed by atoms with Gasteiger partial charge in [0.2, 0.25) is 0 Å². The maximum atomic E-state index is 12.2. The Hall–Kier alpha value is -2.86. The van der Waals surface area contributed by atoms with E-state index in [1.807, 2.05) is 18.2 Å². The number of nitrogens with one attached hydrogen (secondary N) is 2. The molecule has 0 aliphatic carbocycles. The van der Waals surface area contributed by atoms with Gasteiger partial charge in [0, 0.05) is 24.7 Å². The van der Waals surface area contributed by atoms with Crippen LogP contribution in [0.15, 0.2) is 48.5 Å². The molecule has 0 radical (unpaired) electrons. The molecule has 1 aliphatic rings. The number of fused-ring (bicyclic) bond motifs is 1. The van der Waals surface area contributed by atoms with Crippen LogP contribution in [0.4, 0.5) is 4.79 Å². The molecule has 6 nitrogen and oxygen atoms in total. The molecule has 0 saturated heterocycles. The fourth-order valence-corrected chi connectivity index (χ4v) is 3.17. The Morgan fingerprint density at radius 1 is 0.926 bits per heavy atom. The van der Waals surface area contributed by atoms with E-state index >= 15 is 0 Å². The number of nitrogens with zero attached hydrogens (tertiary/aromatic N) is 1. The first-order valence-electron chi connectivity index (χ1n) is 8.77. The van der Waals surface area contributed by atoms with Gasteiger partial charge in [0.25, 0.3) is 11.8 Å². The van der Waals surface area contributed by atoms with Crippen molar-refractivity contribution in [1.29, 1.82) is 0 Å². The summed E-state index contributed by atoms with van der Waals surface area (Å²) in [7, 11) is 0. The quantitative estimate of drug-likeness (QED) is 0.568. The Morgan fingerprint density at radius 3 is 2.26 bits per heavy atom. The molecule has 1 aliphatic heterocycles. The summed E-state index contributed by atoms with van der Waals surface area (Å²) in [6.07, 6.45) is 1.18. The van der Waals surface area contributed by atoms with Crippen LogP contribution >= 0.6 is 11.6 Å². The van der Waals surface area contributed by atoms with E-state index in [-0.39, 0.29) is 24.4 Å². The van der Waals surface area contributed by atoms with Crippen molar-refractivity contribution >= 4 is 29.4 Å². The molecule has 0 bridgehead atoms. The van der Waals surface area contributed by atoms with Crippen LogP contribution in [0.25, 0.3) is 0 Å². The molecule has 27 heavy (non-hydrogen) atoms. The van der Waals surface area contributed by atoms with Gasteiger partial charge in [-0.25, -0.2) is 4.79 Å². The molecular formula is C20H20ClN3O3. The Bertz CT molecular complexity index is 834. The van der Waals surface area contributed by atoms with Crippen molar-refractivity contribution in [2.45, 2.75) is 12.8 Å². The molecule has 7 heteroatoms. The number of amides is 4. The number of urea groups is 1. The molecule has 0 aromatic heterocycles. The lowest BCUT2D eigenvalue weighted by Gasteiger charge is -2.14. The van der Waals surface area contributed by atoms with E-state index in [1.165, 1.54) is 4.90 Å². The van der Waals surface area contributed by atoms with Crippen molar-refractivity contribution in [3.63, 3.8) is 0 Å². The van der Waals surface area contributed by atoms with Crippen LogP contribution in [0.5, 0.6) is 0 Å². The second-order valence-electron chi connectivity index (χ2n) is 6.22. The highest BCUT2D eigenvalue weighted by molar-refractivity contribution is 6.30. The van der Waals surface area contributed by atoms with E-state index < -0.39 is 0 Å². The van der Waals surface area contributed by atoms with Gasteiger partial charge in [0.15, 0.2) is 0 Å². The lowest BCUT2D eigenvalue weighted by atomic mass is 10.1. The number of benzene rings is 2. The first kappa shape index (κ1) is 18.9. The predicted molar refractivity (Wildman–Crippen MR) is 103 cm³/mol. The molecule has 0 atom stereocenters. The molecule has 2 N–H and O–H groups in total. The van der Waals surface area contributed by atoms with Gasteiger partial charge in [0.1, 0.15) is 0 Å². The van der Waals surface area contributed by atoms with Crippen LogP contribution in [0, 0.1) is 0 Å². The summed E-state index contributed by atoms with van der Waals surface area (Å²) in [5, 5.41) is 6.17. The van der Waals surface area contributed by atoms with Crippen molar-refractivity contribution in [3.05, 3.63) is 70.2 Å². The smallest absolute Gasteiger partial charge is 0.314 e. The monoisotopic (exact) mass is 385 g/mol. The molecule has 3 rings (SSSR count). The van der Waals surface area contributed by atoms with Gasteiger partial charge >= 0.3 is 6.03 Å². The third-order valence-corrected chi connectivity index (χ3v) is 4.55. The summed E-state index contributed by atoms with van der Waals surface area (Å²) < 4.78 is 0. The van der Waals surface area contributed by atoms with Crippen LogP contribution in [-0.2, 0) is 6.42 Å². The Balaban J connectivity index is 1.35. The number of hydrogen-bond acceptors (Lipinski definition) is 3. The van der Waals surface area contributed by atoms with Crippen LogP contribution in [0.2, 0.25) is 5.02 Å². The number of imide groups is 1. The van der Waals surface area contributed by atoms with Crippen LogP contribution in [0.3, 0.4) is 0 Å². The highest BCUT2D eigenvalue weighted by atomic mass is 35.5. The van der Waals surface area contributed by atoms with Gasteiger partial charge in [-0.2, -0.15) is 0 Å². The number of rotatable bonds is 7. The molecule has 140 valence electrons. The van der Waals surface area contributed by atoms with E-state index in [4.69, 9.17) is 11.6 Å². The third-order valence-electron chi connectivity index (χ3n) is 4.31. The summed E-state index contributed by atoms with van der Waals surface area (Å²) in [6.45, 7) is 1.14. The largest absolute Gasteiger partial charge is 0.338 e. The standard InChI is InChI=1S/C20H20ClN3O3/c21-15-6-3-5-14(13-15)9-11-23-20(27)22-10-4-12-24-18(25)16-7-1-2-8-17(16)19(24)26/h1-3,5-8,13H,4,9-12H2,(H2,22,23,27). The maximum Gasteiger partial charge on any atom is 0.314 e. The summed E-state index contributed by atoms with van der Waals surface area (Å²) in [4.78, 5) is 37.5. The number of carbonyl (C=O) groups is 3. The summed E-state index contributed by atoms with van der Waals surface area (Å²) in [5.74, 6) is -0.553. The lowest BCUT2D eigenvalue weighted by Crippen LogP contribution is -2.38. The Kier molecular flexibility index (Phi) is 6.08. The van der Waals surface area contributed by atoms with Crippen LogP contribution in [0.1, 0.15) is 32.7 Å². The van der Waals surface area contributed by atoms with Crippen LogP contribution in [-0.4, -0.2) is 42.4 Å². The first-order valence-corrected chi connectivity index (χ1v) is 9.15. The van der Waals surface area contributed by atoms with Crippen molar-refractivity contribution < 1.29 is 14.4 Å². The second kappa shape index (κ2) is 8.68. The van der Waals surface area contributed by atoms with Crippen LogP contribution < -0.4 is 10.6 Å². The van der Waals surface area contributed by atoms with Crippen molar-refractivity contribution in [1.82, 2.24) is 15.5 Å². The predicted octanol–water partition coefficient (Wildman–Crippen LogP) is 2.87. The van der Waals surface area contributed by atoms with Gasteiger partial charge in [-0.15, -0.1) is 0 Å². The minimum atomic E-state index is -0.278. The second-order valence-corrected chi connectivity index (χ2v) is 6.66. The van der Waals surface area contributed by atoms with E-state index in [9.17, 15) is 14.4 Å². The molecule has 0 fully saturated rings. The highest BCUT2D eigenvalue weighted by Gasteiger charge is 2.34. The van der Waals surface area contributed by atoms with Gasteiger partial charge in [-0.1, -0.05) is 35.9 Å². The molecule has 0 saturated carbocycles. The molecular weight excluding hydrogens is 366 g/mol. The van der Waals surface area contributed by atoms with E-state index in [0.29, 0.717) is 42.1 Å². The number of halogens is 1. The SMILES string of the molecule is O=C(NCCCN1C(=O)c2ccccc2C1=O)NCCc1cccc(Cl)c1. The zero-order valence-corrected chi connectivity index (χ0v) is 15.5. The van der Waals surface area contributed by atoms with Gasteiger partial charge in [-0.3, -0.25) is 14.5 Å². The molecule has 0 spiro atoms. The Morgan fingerprint density at radius 2 is 1.59 bits per heavy atom. The molecule has 2 aromatic rings. The van der Waals surface area contributed by atoms with E-state index in [0.717, 1.165) is 5.56 Å². The highest BCUT2D eigenvalue weighted by Crippen LogP contribution is 2.22. The topological polar surface area (TPSA) is 78.5 Å². The van der Waals surface area contributed by atoms with Gasteiger partial charge < -0.3 is 10.6 Å². The van der Waals surface area contributed by atoms with Gasteiger partial charge in [-0.05, 0) is 42.7 Å². The average molecular weight is 386 g/mol. The lowest BCUT2D eigenvalue weighted by molar-refractivity contribution is 0.0653. The maximum absolute atomic E-state index is 12.2. The Labute approximate surface area is 162 Å².